The highest BCUT2D eigenvalue weighted by Crippen LogP contribution is 2.33. The van der Waals surface area contributed by atoms with Crippen LogP contribution in [0.1, 0.15) is 29.3 Å². The van der Waals surface area contributed by atoms with E-state index in [1.54, 1.807) is 29.2 Å². The number of benzene rings is 2. The van der Waals surface area contributed by atoms with Crippen molar-refractivity contribution in [1.82, 2.24) is 0 Å². The van der Waals surface area contributed by atoms with Gasteiger partial charge in [-0.15, -0.1) is 13.2 Å². The molecule has 1 aliphatic heterocycles. The standard InChI is InChI=1S/C19H18F3NO3/c1-2-25-15-7-3-5-14(12-15)18(24)23-10-4-6-13-11-16(8-9-17(13)23)26-19(20,21)22/h3,5,7-9,11-12H,2,4,6,10H2,1H3. The van der Waals surface area contributed by atoms with Crippen molar-refractivity contribution in [2.45, 2.75) is 26.1 Å². The van der Waals surface area contributed by atoms with Crippen molar-refractivity contribution in [1.29, 1.82) is 0 Å². The van der Waals surface area contributed by atoms with Crippen LogP contribution in [0.2, 0.25) is 0 Å². The van der Waals surface area contributed by atoms with E-state index in [1.165, 1.54) is 18.2 Å². The molecule has 1 aliphatic rings. The maximum Gasteiger partial charge on any atom is 0.573 e. The summed E-state index contributed by atoms with van der Waals surface area (Å²) >= 11 is 0. The average Bonchev–Trinajstić information content (AvgIpc) is 2.59. The third-order valence-electron chi connectivity index (χ3n) is 4.04. The molecule has 0 saturated heterocycles. The number of nitrogens with zero attached hydrogens (tertiary/aromatic N) is 1. The second-order valence-electron chi connectivity index (χ2n) is 5.86. The SMILES string of the molecule is CCOc1cccc(C(=O)N2CCCc3cc(OC(F)(F)F)ccc32)c1. The summed E-state index contributed by atoms with van der Waals surface area (Å²) in [6.07, 6.45) is -3.48. The van der Waals surface area contributed by atoms with Crippen molar-refractivity contribution in [2.24, 2.45) is 0 Å². The molecule has 1 heterocycles. The molecule has 0 aromatic heterocycles. The molecule has 138 valence electrons. The van der Waals surface area contributed by atoms with Gasteiger partial charge in [0.2, 0.25) is 0 Å². The summed E-state index contributed by atoms with van der Waals surface area (Å²) in [4.78, 5) is 14.5. The zero-order chi connectivity index (χ0) is 18.7. The molecule has 0 unspecified atom stereocenters. The van der Waals surface area contributed by atoms with Gasteiger partial charge in [0.1, 0.15) is 11.5 Å². The van der Waals surface area contributed by atoms with Gasteiger partial charge < -0.3 is 14.4 Å². The highest BCUT2D eigenvalue weighted by atomic mass is 19.4. The fourth-order valence-electron chi connectivity index (χ4n) is 3.02. The number of alkyl halides is 3. The van der Waals surface area contributed by atoms with Gasteiger partial charge >= 0.3 is 6.36 Å². The van der Waals surface area contributed by atoms with Crippen LogP contribution in [0.25, 0.3) is 0 Å². The molecule has 4 nitrogen and oxygen atoms in total. The van der Waals surface area contributed by atoms with Crippen LogP contribution < -0.4 is 14.4 Å². The van der Waals surface area contributed by atoms with Gasteiger partial charge in [0.15, 0.2) is 0 Å². The number of aryl methyl sites for hydroxylation is 1. The molecule has 0 radical (unpaired) electrons. The fraction of sp³-hybridized carbons (Fsp3) is 0.316. The van der Waals surface area contributed by atoms with E-state index in [0.717, 1.165) is 0 Å². The monoisotopic (exact) mass is 365 g/mol. The normalized spacial score (nSPS) is 13.9. The Kier molecular flexibility index (Phi) is 5.06. The molecule has 3 rings (SSSR count). The fourth-order valence-corrected chi connectivity index (χ4v) is 3.02. The Bertz CT molecular complexity index is 805. The Morgan fingerprint density at radius 2 is 1.96 bits per heavy atom. The number of halogens is 3. The molecule has 2 aromatic carbocycles. The minimum absolute atomic E-state index is 0.211. The van der Waals surface area contributed by atoms with Crippen LogP contribution in [-0.2, 0) is 6.42 Å². The van der Waals surface area contributed by atoms with Crippen LogP contribution in [0, 0.1) is 0 Å². The minimum Gasteiger partial charge on any atom is -0.494 e. The van der Waals surface area contributed by atoms with Crippen LogP contribution >= 0.6 is 0 Å². The van der Waals surface area contributed by atoms with E-state index in [2.05, 4.69) is 4.74 Å². The Hall–Kier alpha value is -2.70. The molecule has 7 heteroatoms. The van der Waals surface area contributed by atoms with Crippen molar-refractivity contribution >= 4 is 11.6 Å². The molecule has 0 fully saturated rings. The lowest BCUT2D eigenvalue weighted by Gasteiger charge is -2.30. The Balaban J connectivity index is 1.87. The molecule has 0 atom stereocenters. The molecular weight excluding hydrogens is 347 g/mol. The quantitative estimate of drug-likeness (QED) is 0.796. The molecule has 0 aliphatic carbocycles. The average molecular weight is 365 g/mol. The van der Waals surface area contributed by atoms with Gasteiger partial charge in [-0.25, -0.2) is 0 Å². The zero-order valence-electron chi connectivity index (χ0n) is 14.2. The summed E-state index contributed by atoms with van der Waals surface area (Å²) in [7, 11) is 0. The van der Waals surface area contributed by atoms with Crippen LogP contribution in [0.15, 0.2) is 42.5 Å². The number of anilines is 1. The first-order valence-corrected chi connectivity index (χ1v) is 8.31. The van der Waals surface area contributed by atoms with Gasteiger partial charge in [-0.2, -0.15) is 0 Å². The van der Waals surface area contributed by atoms with Gasteiger partial charge in [0.25, 0.3) is 5.91 Å². The first-order valence-electron chi connectivity index (χ1n) is 8.31. The second-order valence-corrected chi connectivity index (χ2v) is 5.86. The third kappa shape index (κ3) is 4.09. The number of ether oxygens (including phenoxy) is 2. The van der Waals surface area contributed by atoms with E-state index < -0.39 is 6.36 Å². The van der Waals surface area contributed by atoms with Crippen molar-refractivity contribution in [3.63, 3.8) is 0 Å². The van der Waals surface area contributed by atoms with E-state index in [4.69, 9.17) is 4.74 Å². The lowest BCUT2D eigenvalue weighted by Crippen LogP contribution is -2.35. The molecule has 2 aromatic rings. The lowest BCUT2D eigenvalue weighted by atomic mass is 10.0. The van der Waals surface area contributed by atoms with Crippen LogP contribution in [0.3, 0.4) is 0 Å². The number of carbonyl (C=O) groups is 1. The number of hydrogen-bond acceptors (Lipinski definition) is 3. The third-order valence-corrected chi connectivity index (χ3v) is 4.04. The molecule has 0 bridgehead atoms. The van der Waals surface area contributed by atoms with Gasteiger partial charge in [0.05, 0.1) is 6.61 Å². The molecule has 26 heavy (non-hydrogen) atoms. The minimum atomic E-state index is -4.74. The first kappa shape index (κ1) is 18.1. The molecular formula is C19H18F3NO3. The van der Waals surface area contributed by atoms with Gasteiger partial charge in [0, 0.05) is 17.8 Å². The summed E-state index contributed by atoms with van der Waals surface area (Å²) in [6, 6.07) is 10.9. The molecule has 0 N–H and O–H groups in total. The van der Waals surface area contributed by atoms with E-state index in [1.807, 2.05) is 6.92 Å². The van der Waals surface area contributed by atoms with E-state index >= 15 is 0 Å². The first-order chi connectivity index (χ1) is 12.4. The summed E-state index contributed by atoms with van der Waals surface area (Å²) in [5, 5.41) is 0. The van der Waals surface area contributed by atoms with E-state index in [-0.39, 0.29) is 11.7 Å². The number of fused-ring (bicyclic) bond motifs is 1. The number of rotatable bonds is 4. The summed E-state index contributed by atoms with van der Waals surface area (Å²) < 4.78 is 46.6. The van der Waals surface area contributed by atoms with Crippen LogP contribution in [0.5, 0.6) is 11.5 Å². The highest BCUT2D eigenvalue weighted by molar-refractivity contribution is 6.07. The zero-order valence-corrected chi connectivity index (χ0v) is 14.2. The molecule has 1 amide bonds. The van der Waals surface area contributed by atoms with Crippen molar-refractivity contribution in [2.75, 3.05) is 18.1 Å². The Morgan fingerprint density at radius 1 is 1.15 bits per heavy atom. The van der Waals surface area contributed by atoms with Crippen molar-refractivity contribution in [3.8, 4) is 11.5 Å². The van der Waals surface area contributed by atoms with Crippen LogP contribution in [-0.4, -0.2) is 25.4 Å². The van der Waals surface area contributed by atoms with Gasteiger partial charge in [-0.1, -0.05) is 6.07 Å². The Morgan fingerprint density at radius 3 is 2.69 bits per heavy atom. The Labute approximate surface area is 149 Å². The van der Waals surface area contributed by atoms with Crippen molar-refractivity contribution in [3.05, 3.63) is 53.6 Å². The van der Waals surface area contributed by atoms with E-state index in [0.29, 0.717) is 48.6 Å². The largest absolute Gasteiger partial charge is 0.573 e. The van der Waals surface area contributed by atoms with E-state index in [9.17, 15) is 18.0 Å². The predicted octanol–water partition coefficient (Wildman–Crippen LogP) is 4.58. The number of carbonyl (C=O) groups excluding carboxylic acids is 1. The van der Waals surface area contributed by atoms with Gasteiger partial charge in [-0.05, 0) is 61.7 Å². The lowest BCUT2D eigenvalue weighted by molar-refractivity contribution is -0.274. The molecule has 0 saturated carbocycles. The van der Waals surface area contributed by atoms with Crippen LogP contribution in [0.4, 0.5) is 18.9 Å². The number of hydrogen-bond donors (Lipinski definition) is 0. The topological polar surface area (TPSA) is 38.8 Å². The molecule has 0 spiro atoms. The second kappa shape index (κ2) is 7.27. The summed E-state index contributed by atoms with van der Waals surface area (Å²) in [5.41, 5.74) is 1.74. The maximum absolute atomic E-state index is 12.9. The summed E-state index contributed by atoms with van der Waals surface area (Å²) in [5.74, 6) is 0.116. The predicted molar refractivity (Wildman–Crippen MR) is 90.7 cm³/mol. The maximum atomic E-state index is 12.9. The van der Waals surface area contributed by atoms with Crippen molar-refractivity contribution < 1.29 is 27.4 Å². The highest BCUT2D eigenvalue weighted by Gasteiger charge is 2.32. The smallest absolute Gasteiger partial charge is 0.494 e. The number of amides is 1. The van der Waals surface area contributed by atoms with Gasteiger partial charge in [-0.3, -0.25) is 4.79 Å². The summed E-state index contributed by atoms with van der Waals surface area (Å²) in [6.45, 7) is 2.85.